The first-order valence-corrected chi connectivity index (χ1v) is 4.98. The number of ether oxygens (including phenoxy) is 1. The number of piperidine rings is 1. The van der Waals surface area contributed by atoms with Gasteiger partial charge >= 0.3 is 0 Å². The summed E-state index contributed by atoms with van der Waals surface area (Å²) in [5.41, 5.74) is 3.21. The zero-order chi connectivity index (χ0) is 9.52. The molecule has 78 valence electrons. The molecule has 2 N–H and O–H groups in total. The molecule has 13 heavy (non-hydrogen) atoms. The molecule has 1 fully saturated rings. The minimum atomic E-state index is -0.396. The fraction of sp³-hybridized carbons (Fsp3) is 1.00. The highest BCUT2D eigenvalue weighted by Gasteiger charge is 2.10. The summed E-state index contributed by atoms with van der Waals surface area (Å²) >= 11 is 0. The van der Waals surface area contributed by atoms with Gasteiger partial charge in [0.05, 0.1) is 12.7 Å². The van der Waals surface area contributed by atoms with Crippen LogP contribution < -0.4 is 5.43 Å². The Morgan fingerprint density at radius 1 is 1.38 bits per heavy atom. The second-order valence-electron chi connectivity index (χ2n) is 3.52. The van der Waals surface area contributed by atoms with E-state index in [2.05, 4.69) is 10.4 Å². The molecule has 0 radical (unpaired) electrons. The minimum Gasteiger partial charge on any atom is -0.389 e. The number of nitrogens with zero attached hydrogens (tertiary/aromatic N) is 1. The van der Waals surface area contributed by atoms with E-state index in [1.165, 1.54) is 19.3 Å². The number of hydrazine groups is 1. The van der Waals surface area contributed by atoms with E-state index in [0.717, 1.165) is 13.1 Å². The fourth-order valence-electron chi connectivity index (χ4n) is 1.54. The van der Waals surface area contributed by atoms with E-state index >= 15 is 0 Å². The second kappa shape index (κ2) is 6.32. The number of hydrogen-bond acceptors (Lipinski definition) is 4. The summed E-state index contributed by atoms with van der Waals surface area (Å²) in [6.07, 6.45) is 3.45. The molecule has 0 aliphatic carbocycles. The molecule has 0 amide bonds. The average molecular weight is 188 g/mol. The number of aliphatic hydroxyl groups is 1. The van der Waals surface area contributed by atoms with E-state index in [4.69, 9.17) is 4.74 Å². The lowest BCUT2D eigenvalue weighted by molar-refractivity contribution is 0.0416. The van der Waals surface area contributed by atoms with Crippen LogP contribution in [0, 0.1) is 0 Å². The predicted octanol–water partition coefficient (Wildman–Crippen LogP) is -0.0158. The average Bonchev–Trinajstić information content (AvgIpc) is 2.17. The lowest BCUT2D eigenvalue weighted by Crippen LogP contribution is -2.45. The molecule has 1 saturated heterocycles. The highest BCUT2D eigenvalue weighted by molar-refractivity contribution is 4.63. The molecule has 1 unspecified atom stereocenters. The molecule has 1 rings (SSSR count). The van der Waals surface area contributed by atoms with Gasteiger partial charge in [-0.25, -0.2) is 5.01 Å². The van der Waals surface area contributed by atoms with Crippen LogP contribution in [0.1, 0.15) is 19.3 Å². The topological polar surface area (TPSA) is 44.7 Å². The van der Waals surface area contributed by atoms with Crippen LogP contribution >= 0.6 is 0 Å². The summed E-state index contributed by atoms with van der Waals surface area (Å²) in [5.74, 6) is 0. The zero-order valence-corrected chi connectivity index (χ0v) is 8.33. The normalized spacial score (nSPS) is 21.7. The zero-order valence-electron chi connectivity index (χ0n) is 8.33. The molecule has 0 aromatic carbocycles. The quantitative estimate of drug-likeness (QED) is 0.636. The van der Waals surface area contributed by atoms with Crippen molar-refractivity contribution >= 4 is 0 Å². The summed E-state index contributed by atoms with van der Waals surface area (Å²) in [5, 5.41) is 11.5. The van der Waals surface area contributed by atoms with Crippen molar-refractivity contribution < 1.29 is 9.84 Å². The highest BCUT2D eigenvalue weighted by Crippen LogP contribution is 2.05. The Labute approximate surface area is 79.8 Å². The van der Waals surface area contributed by atoms with Crippen molar-refractivity contribution in [1.29, 1.82) is 0 Å². The van der Waals surface area contributed by atoms with E-state index < -0.39 is 6.10 Å². The Morgan fingerprint density at radius 3 is 2.69 bits per heavy atom. The molecule has 1 aliphatic rings. The van der Waals surface area contributed by atoms with Crippen LogP contribution in [0.25, 0.3) is 0 Å². The van der Waals surface area contributed by atoms with Crippen molar-refractivity contribution in [2.45, 2.75) is 25.4 Å². The third-order valence-corrected chi connectivity index (χ3v) is 2.27. The Bertz CT molecular complexity index is 127. The third kappa shape index (κ3) is 4.57. The van der Waals surface area contributed by atoms with E-state index in [0.29, 0.717) is 13.2 Å². The molecule has 1 heterocycles. The van der Waals surface area contributed by atoms with Gasteiger partial charge in [0.2, 0.25) is 0 Å². The van der Waals surface area contributed by atoms with Crippen molar-refractivity contribution in [3.05, 3.63) is 0 Å². The maximum atomic E-state index is 9.37. The third-order valence-electron chi connectivity index (χ3n) is 2.27. The monoisotopic (exact) mass is 188 g/mol. The fourth-order valence-corrected chi connectivity index (χ4v) is 1.54. The van der Waals surface area contributed by atoms with Crippen LogP contribution in [0.15, 0.2) is 0 Å². The van der Waals surface area contributed by atoms with Crippen molar-refractivity contribution in [3.63, 3.8) is 0 Å². The summed E-state index contributed by atoms with van der Waals surface area (Å²) in [7, 11) is 1.60. The molecule has 1 atom stereocenters. The van der Waals surface area contributed by atoms with Gasteiger partial charge in [0.25, 0.3) is 0 Å². The van der Waals surface area contributed by atoms with Gasteiger partial charge in [-0.1, -0.05) is 6.42 Å². The van der Waals surface area contributed by atoms with E-state index in [1.807, 2.05) is 0 Å². The molecule has 0 saturated carbocycles. The molecule has 0 bridgehead atoms. The largest absolute Gasteiger partial charge is 0.389 e. The van der Waals surface area contributed by atoms with Gasteiger partial charge in [0.15, 0.2) is 0 Å². The lowest BCUT2D eigenvalue weighted by atomic mass is 10.2. The van der Waals surface area contributed by atoms with Crippen molar-refractivity contribution in [2.24, 2.45) is 0 Å². The van der Waals surface area contributed by atoms with Gasteiger partial charge in [0, 0.05) is 26.7 Å². The Morgan fingerprint density at radius 2 is 2.08 bits per heavy atom. The summed E-state index contributed by atoms with van der Waals surface area (Å²) in [4.78, 5) is 0. The lowest BCUT2D eigenvalue weighted by Gasteiger charge is -2.28. The summed E-state index contributed by atoms with van der Waals surface area (Å²) in [6, 6.07) is 0. The second-order valence-corrected chi connectivity index (χ2v) is 3.52. The van der Waals surface area contributed by atoms with E-state index in [-0.39, 0.29) is 0 Å². The predicted molar refractivity (Wildman–Crippen MR) is 51.3 cm³/mol. The van der Waals surface area contributed by atoms with Gasteiger partial charge < -0.3 is 9.84 Å². The van der Waals surface area contributed by atoms with Gasteiger partial charge in [0.1, 0.15) is 0 Å². The first kappa shape index (κ1) is 10.9. The number of methoxy groups -OCH3 is 1. The highest BCUT2D eigenvalue weighted by atomic mass is 16.5. The van der Waals surface area contributed by atoms with Crippen LogP contribution in [0.4, 0.5) is 0 Å². The van der Waals surface area contributed by atoms with Crippen LogP contribution in [0.2, 0.25) is 0 Å². The number of aliphatic hydroxyl groups excluding tert-OH is 1. The van der Waals surface area contributed by atoms with Gasteiger partial charge in [-0.2, -0.15) is 0 Å². The van der Waals surface area contributed by atoms with Crippen molar-refractivity contribution in [1.82, 2.24) is 10.4 Å². The molecular formula is C9H20N2O2. The van der Waals surface area contributed by atoms with Crippen LogP contribution in [0.5, 0.6) is 0 Å². The number of rotatable bonds is 5. The van der Waals surface area contributed by atoms with Crippen molar-refractivity contribution in [2.75, 3.05) is 33.4 Å². The van der Waals surface area contributed by atoms with E-state index in [1.54, 1.807) is 7.11 Å². The first-order chi connectivity index (χ1) is 6.33. The number of hydrogen-bond donors (Lipinski definition) is 2. The standard InChI is InChI=1S/C9H20N2O2/c1-13-8-9(12)7-10-11-5-3-2-4-6-11/h9-10,12H,2-8H2,1H3. The van der Waals surface area contributed by atoms with Crippen molar-refractivity contribution in [3.8, 4) is 0 Å². The Balaban J connectivity index is 2.03. The Kier molecular flexibility index (Phi) is 5.31. The first-order valence-electron chi connectivity index (χ1n) is 4.98. The maximum absolute atomic E-state index is 9.37. The molecular weight excluding hydrogens is 168 g/mol. The SMILES string of the molecule is COCC(O)CNN1CCCCC1. The molecule has 4 heteroatoms. The molecule has 1 aliphatic heterocycles. The van der Waals surface area contributed by atoms with Crippen LogP contribution in [0.3, 0.4) is 0 Å². The maximum Gasteiger partial charge on any atom is 0.0911 e. The van der Waals surface area contributed by atoms with Crippen LogP contribution in [-0.4, -0.2) is 49.6 Å². The van der Waals surface area contributed by atoms with Crippen LogP contribution in [-0.2, 0) is 4.74 Å². The summed E-state index contributed by atoms with van der Waals surface area (Å²) in [6.45, 7) is 3.19. The number of nitrogens with one attached hydrogen (secondary N) is 1. The Hall–Kier alpha value is -0.160. The summed E-state index contributed by atoms with van der Waals surface area (Å²) < 4.78 is 4.83. The molecule has 0 aromatic rings. The minimum absolute atomic E-state index is 0.396. The van der Waals surface area contributed by atoms with Gasteiger partial charge in [-0.15, -0.1) is 0 Å². The smallest absolute Gasteiger partial charge is 0.0911 e. The molecule has 4 nitrogen and oxygen atoms in total. The molecule has 0 spiro atoms. The van der Waals surface area contributed by atoms with Gasteiger partial charge in [-0.05, 0) is 12.8 Å². The molecule has 0 aromatic heterocycles. The van der Waals surface area contributed by atoms with E-state index in [9.17, 15) is 5.11 Å². The van der Waals surface area contributed by atoms with Gasteiger partial charge in [-0.3, -0.25) is 5.43 Å².